The maximum Gasteiger partial charge on any atom is 0.133 e. The van der Waals surface area contributed by atoms with Crippen molar-refractivity contribution in [2.45, 2.75) is 46.6 Å². The standard InChI is InChI=1S/C13H18O2.C8H10AsNO5/c1-8-5-9(2)11-6-13(4,7-14)15-12(11)10(8)3;1-6(11)10-8-4-2-3-7(5-8)9(12,13)15-14/h5,14H,6-7H2,1-4H3;2-5,14H,1H3,(H,10,11)(H,12,13). The average Bonchev–Trinajstić information content (AvgIpc) is 3.06. The molecule has 2 unspecified atom stereocenters. The molecule has 1 amide bonds. The smallest absolute Gasteiger partial charge is 0.133 e. The number of rotatable bonds is 4. The van der Waals surface area contributed by atoms with Gasteiger partial charge in [-0.25, -0.2) is 0 Å². The number of nitrogens with one attached hydrogen (secondary N) is 1. The predicted octanol–water partition coefficient (Wildman–Crippen LogP) is 2.00. The first-order chi connectivity index (χ1) is 13.9. The van der Waals surface area contributed by atoms with E-state index >= 15 is 0 Å². The number of anilines is 1. The van der Waals surface area contributed by atoms with Crippen molar-refractivity contribution in [3.05, 3.63) is 52.6 Å². The van der Waals surface area contributed by atoms with Crippen molar-refractivity contribution in [1.82, 2.24) is 0 Å². The molecule has 0 spiro atoms. The molecule has 0 saturated carbocycles. The van der Waals surface area contributed by atoms with E-state index in [0.717, 1.165) is 12.2 Å². The van der Waals surface area contributed by atoms with E-state index in [9.17, 15) is 17.7 Å². The molecule has 1 aliphatic heterocycles. The fraction of sp³-hybridized carbons (Fsp3) is 0.381. The van der Waals surface area contributed by atoms with Crippen LogP contribution in [-0.2, 0) is 18.8 Å². The summed E-state index contributed by atoms with van der Waals surface area (Å²) in [5.41, 5.74) is 4.93. The number of aliphatic hydroxyl groups excluding tert-OH is 1. The van der Waals surface area contributed by atoms with E-state index in [4.69, 9.17) is 9.99 Å². The van der Waals surface area contributed by atoms with Crippen molar-refractivity contribution in [3.63, 3.8) is 0 Å². The number of aliphatic hydroxyl groups is 1. The third kappa shape index (κ3) is 5.53. The minimum atomic E-state index is -4.83. The Hall–Kier alpha value is -2.09. The van der Waals surface area contributed by atoms with Crippen LogP contribution in [0.15, 0.2) is 30.3 Å². The summed E-state index contributed by atoms with van der Waals surface area (Å²) in [4.78, 5) is 10.7. The first-order valence-electron chi connectivity index (χ1n) is 9.36. The quantitative estimate of drug-likeness (QED) is 0.299. The van der Waals surface area contributed by atoms with Crippen molar-refractivity contribution < 1.29 is 31.6 Å². The summed E-state index contributed by atoms with van der Waals surface area (Å²) in [7, 11) is 0. The molecule has 4 N–H and O–H groups in total. The van der Waals surface area contributed by atoms with Crippen LogP contribution >= 0.6 is 0 Å². The molecule has 1 heterocycles. The van der Waals surface area contributed by atoms with Crippen molar-refractivity contribution in [3.8, 4) is 5.75 Å². The number of hydrogen-bond acceptors (Lipinski definition) is 6. The van der Waals surface area contributed by atoms with Crippen LogP contribution in [-0.4, -0.2) is 46.7 Å². The Morgan fingerprint density at radius 2 is 1.93 bits per heavy atom. The molecule has 0 saturated heterocycles. The predicted molar refractivity (Wildman–Crippen MR) is 113 cm³/mol. The van der Waals surface area contributed by atoms with Gasteiger partial charge in [-0.3, -0.25) is 0 Å². The van der Waals surface area contributed by atoms with Crippen molar-refractivity contribution in [1.29, 1.82) is 0 Å². The minimum absolute atomic E-state index is 0.0399. The number of benzene rings is 2. The van der Waals surface area contributed by atoms with Crippen LogP contribution in [0, 0.1) is 20.8 Å². The van der Waals surface area contributed by atoms with Gasteiger partial charge in [-0.2, -0.15) is 0 Å². The molecule has 9 heteroatoms. The topological polar surface area (TPSA) is 125 Å². The number of carbonyl (C=O) groups excluding carboxylic acids is 1. The number of ether oxygens (including phenoxy) is 1. The van der Waals surface area contributed by atoms with Gasteiger partial charge in [0.1, 0.15) is 11.4 Å². The van der Waals surface area contributed by atoms with E-state index in [1.165, 1.54) is 47.4 Å². The molecule has 2 aromatic carbocycles. The van der Waals surface area contributed by atoms with Gasteiger partial charge in [-0.15, -0.1) is 0 Å². The molecule has 2 atom stereocenters. The second kappa shape index (κ2) is 9.37. The van der Waals surface area contributed by atoms with Gasteiger partial charge in [-0.05, 0) is 44.4 Å². The zero-order valence-corrected chi connectivity index (χ0v) is 19.6. The molecule has 0 bridgehead atoms. The Morgan fingerprint density at radius 1 is 1.27 bits per heavy atom. The summed E-state index contributed by atoms with van der Waals surface area (Å²) < 4.78 is 29.8. The largest absolute Gasteiger partial charge is 0.484 e. The van der Waals surface area contributed by atoms with Crippen LogP contribution in [0.3, 0.4) is 0 Å². The number of amides is 1. The molecule has 30 heavy (non-hydrogen) atoms. The van der Waals surface area contributed by atoms with Crippen LogP contribution in [0.1, 0.15) is 36.1 Å². The van der Waals surface area contributed by atoms with Crippen molar-refractivity contribution in [2.75, 3.05) is 11.9 Å². The fourth-order valence-corrected chi connectivity index (χ4v) is 4.62. The monoisotopic (exact) mass is 481 g/mol. The Labute approximate surface area is 178 Å². The average molecular weight is 481 g/mol. The van der Waals surface area contributed by atoms with Crippen molar-refractivity contribution in [2.24, 2.45) is 0 Å². The van der Waals surface area contributed by atoms with Gasteiger partial charge in [0.05, 0.1) is 6.61 Å². The summed E-state index contributed by atoms with van der Waals surface area (Å²) in [6.07, 6.45) is 0.811. The zero-order chi connectivity index (χ0) is 22.7. The van der Waals surface area contributed by atoms with Gasteiger partial charge in [0.2, 0.25) is 0 Å². The van der Waals surface area contributed by atoms with Crippen LogP contribution in [0.4, 0.5) is 5.69 Å². The summed E-state index contributed by atoms with van der Waals surface area (Å²) >= 11 is -4.83. The van der Waals surface area contributed by atoms with Crippen LogP contribution < -0.4 is 14.4 Å². The molecule has 0 radical (unpaired) electrons. The van der Waals surface area contributed by atoms with E-state index < -0.39 is 19.8 Å². The Bertz CT molecular complexity index is 992. The number of hydrogen-bond donors (Lipinski definition) is 4. The second-order valence-corrected chi connectivity index (χ2v) is 11.3. The molecule has 3 rings (SSSR count). The summed E-state index contributed by atoms with van der Waals surface area (Å²) in [5.74, 6) is 0.696. The summed E-state index contributed by atoms with van der Waals surface area (Å²) in [6.45, 7) is 9.63. The molecular formula is C21H28AsNO7. The van der Waals surface area contributed by atoms with E-state index in [-0.39, 0.29) is 16.9 Å². The fourth-order valence-electron chi connectivity index (χ4n) is 3.22. The van der Waals surface area contributed by atoms with E-state index in [2.05, 4.69) is 36.0 Å². The van der Waals surface area contributed by atoms with Gasteiger partial charge in [-0.1, -0.05) is 6.07 Å². The van der Waals surface area contributed by atoms with Gasteiger partial charge in [0.25, 0.3) is 0 Å². The van der Waals surface area contributed by atoms with Gasteiger partial charge in [0.15, 0.2) is 0 Å². The van der Waals surface area contributed by atoms with Gasteiger partial charge >= 0.3 is 88.4 Å². The van der Waals surface area contributed by atoms with Gasteiger partial charge < -0.3 is 9.84 Å². The molecule has 8 nitrogen and oxygen atoms in total. The van der Waals surface area contributed by atoms with E-state index in [1.54, 1.807) is 6.07 Å². The molecule has 0 aliphatic carbocycles. The normalized spacial score (nSPS) is 19.1. The summed E-state index contributed by atoms with van der Waals surface area (Å²) in [5, 5.41) is 20.0. The van der Waals surface area contributed by atoms with E-state index in [0.29, 0.717) is 5.69 Å². The first kappa shape index (κ1) is 24.2. The number of carbonyl (C=O) groups is 1. The Kier molecular flexibility index (Phi) is 7.55. The molecular weight excluding hydrogens is 453 g/mol. The van der Waals surface area contributed by atoms with Crippen molar-refractivity contribution >= 4 is 30.1 Å². The van der Waals surface area contributed by atoms with E-state index in [1.807, 2.05) is 6.92 Å². The van der Waals surface area contributed by atoms with Crippen LogP contribution in [0.25, 0.3) is 0 Å². The molecule has 0 aromatic heterocycles. The minimum Gasteiger partial charge on any atom is -0.484 e. The molecule has 2 aromatic rings. The third-order valence-corrected chi connectivity index (χ3v) is 7.37. The van der Waals surface area contributed by atoms with Gasteiger partial charge in [0, 0.05) is 12.0 Å². The number of aryl methyl sites for hydroxylation is 2. The first-order valence-corrected chi connectivity index (χ1v) is 12.7. The number of fused-ring (bicyclic) bond motifs is 1. The maximum atomic E-state index is 11.3. The molecule has 164 valence electrons. The third-order valence-electron chi connectivity index (χ3n) is 4.95. The molecule has 1 aliphatic rings. The SMILES string of the molecule is CC(=O)Nc1cccc([As](=O)(O)OO)c1.Cc1cc(C)c2c(c1C)OC(C)(CO)C2. The zero-order valence-electron chi connectivity index (χ0n) is 17.7. The Morgan fingerprint density at radius 3 is 2.50 bits per heavy atom. The van der Waals surface area contributed by atoms with Crippen LogP contribution in [0.5, 0.6) is 5.75 Å². The Balaban J connectivity index is 0.000000214. The maximum absolute atomic E-state index is 11.3. The molecule has 0 fully saturated rings. The summed E-state index contributed by atoms with van der Waals surface area (Å²) in [6, 6.07) is 7.84. The van der Waals surface area contributed by atoms with Crippen LogP contribution in [0.2, 0.25) is 0 Å². The second-order valence-electron chi connectivity index (χ2n) is 7.66.